The van der Waals surface area contributed by atoms with E-state index in [0.29, 0.717) is 18.6 Å². The van der Waals surface area contributed by atoms with E-state index in [1.165, 1.54) is 0 Å². The van der Waals surface area contributed by atoms with Gasteiger partial charge in [0.25, 0.3) is 0 Å². The zero-order chi connectivity index (χ0) is 33.1. The molecule has 0 bridgehead atoms. The molecule has 5 atom stereocenters. The van der Waals surface area contributed by atoms with Gasteiger partial charge in [-0.15, -0.1) is 0 Å². The van der Waals surface area contributed by atoms with Gasteiger partial charge in [0.15, 0.2) is 5.78 Å². The number of hydrogen-bond acceptors (Lipinski definition) is 6. The lowest BCUT2D eigenvalue weighted by atomic mass is 9.93. The topological polar surface area (TPSA) is 166 Å². The highest BCUT2D eigenvalue weighted by Gasteiger charge is 2.50. The van der Waals surface area contributed by atoms with Gasteiger partial charge in [-0.3, -0.25) is 19.2 Å². The molecular weight excluding hydrogens is 584 g/mol. The van der Waals surface area contributed by atoms with Gasteiger partial charge in [0.05, 0.1) is 12.6 Å². The number of amides is 3. The Morgan fingerprint density at radius 3 is 1.83 bits per heavy atom. The maximum absolute atomic E-state index is 14.0. The molecule has 11 heteroatoms. The van der Waals surface area contributed by atoms with Gasteiger partial charge in [-0.05, 0) is 47.9 Å². The van der Waals surface area contributed by atoms with E-state index in [9.17, 15) is 24.7 Å². The molecule has 0 aliphatic carbocycles. The Morgan fingerprint density at radius 1 is 0.783 bits per heavy atom. The SMILES string of the molecule is CC(C)C[C@H](NC(=O)[C@H](Cc1ccccc1)NC(=O)[C@@H](NC(=O)[C@H](Cc1ccccc1)N=[N+]=[N-])c1ccccc1)C(=O)[C@@]1(C)CO1. The van der Waals surface area contributed by atoms with Gasteiger partial charge in [0.1, 0.15) is 23.7 Å². The van der Waals surface area contributed by atoms with Crippen molar-refractivity contribution in [3.63, 3.8) is 0 Å². The van der Waals surface area contributed by atoms with E-state index in [1.54, 1.807) is 37.3 Å². The third-order valence-electron chi connectivity index (χ3n) is 7.80. The molecule has 240 valence electrons. The van der Waals surface area contributed by atoms with Gasteiger partial charge in [0.2, 0.25) is 17.7 Å². The predicted octanol–water partition coefficient (Wildman–Crippen LogP) is 4.38. The van der Waals surface area contributed by atoms with Crippen LogP contribution in [-0.2, 0) is 36.8 Å². The number of rotatable bonds is 16. The van der Waals surface area contributed by atoms with E-state index >= 15 is 0 Å². The lowest BCUT2D eigenvalue weighted by Gasteiger charge is -2.27. The van der Waals surface area contributed by atoms with E-state index < -0.39 is 47.5 Å². The third-order valence-corrected chi connectivity index (χ3v) is 7.80. The maximum atomic E-state index is 14.0. The molecule has 4 rings (SSSR count). The summed E-state index contributed by atoms with van der Waals surface area (Å²) in [4.78, 5) is 57.4. The number of nitrogens with zero attached hydrogens (tertiary/aromatic N) is 3. The van der Waals surface area contributed by atoms with Gasteiger partial charge < -0.3 is 20.7 Å². The normalized spacial score (nSPS) is 17.8. The zero-order valence-corrected chi connectivity index (χ0v) is 26.3. The average molecular weight is 625 g/mol. The Balaban J connectivity index is 1.59. The third kappa shape index (κ3) is 9.50. The summed E-state index contributed by atoms with van der Waals surface area (Å²) in [5.74, 6) is -1.92. The Morgan fingerprint density at radius 2 is 1.30 bits per heavy atom. The van der Waals surface area contributed by atoms with Gasteiger partial charge in [-0.2, -0.15) is 0 Å². The van der Waals surface area contributed by atoms with Crippen LogP contribution in [-0.4, -0.2) is 53.8 Å². The first-order chi connectivity index (χ1) is 22.1. The first-order valence-electron chi connectivity index (χ1n) is 15.4. The highest BCUT2D eigenvalue weighted by atomic mass is 16.6. The van der Waals surface area contributed by atoms with Crippen molar-refractivity contribution < 1.29 is 23.9 Å². The molecule has 0 spiro atoms. The van der Waals surface area contributed by atoms with E-state index in [1.807, 2.05) is 74.5 Å². The number of carbonyl (C=O) groups is 4. The van der Waals surface area contributed by atoms with Crippen LogP contribution >= 0.6 is 0 Å². The van der Waals surface area contributed by atoms with Crippen LogP contribution in [0.4, 0.5) is 0 Å². The standard InChI is InChI=1S/C35H40N6O5/c1-23(2)19-27(31(42)35(3)22-46-35)37-32(43)28(20-24-13-7-4-8-14-24)38-34(45)30(26-17-11-6-12-18-26)39-33(44)29(40-41-36)21-25-15-9-5-10-16-25/h4-18,23,27-30H,19-22H2,1-3H3,(H,37,43)(H,38,45)(H,39,44)/t27-,28-,29-,30-,35+/m0/s1. The Bertz CT molecular complexity index is 1540. The summed E-state index contributed by atoms with van der Waals surface area (Å²) in [6.45, 7) is 5.91. The lowest BCUT2D eigenvalue weighted by Crippen LogP contribution is -2.56. The van der Waals surface area contributed by atoms with Gasteiger partial charge in [-0.25, -0.2) is 0 Å². The molecule has 1 aliphatic heterocycles. The maximum Gasteiger partial charge on any atom is 0.247 e. The fourth-order valence-electron chi connectivity index (χ4n) is 5.18. The van der Waals surface area contributed by atoms with Crippen molar-refractivity contribution in [1.29, 1.82) is 0 Å². The van der Waals surface area contributed by atoms with Crippen LogP contribution in [0.5, 0.6) is 0 Å². The second-order valence-electron chi connectivity index (χ2n) is 12.1. The number of nitrogens with one attached hydrogen (secondary N) is 3. The summed E-state index contributed by atoms with van der Waals surface area (Å²) in [5, 5.41) is 12.1. The molecule has 1 saturated heterocycles. The highest BCUT2D eigenvalue weighted by molar-refractivity contribution is 5.98. The number of ketones is 1. The monoisotopic (exact) mass is 624 g/mol. The van der Waals surface area contributed by atoms with Crippen molar-refractivity contribution in [1.82, 2.24) is 16.0 Å². The number of benzene rings is 3. The van der Waals surface area contributed by atoms with Crippen molar-refractivity contribution in [3.05, 3.63) is 118 Å². The molecule has 46 heavy (non-hydrogen) atoms. The second kappa shape index (κ2) is 15.8. The molecule has 0 unspecified atom stereocenters. The fourth-order valence-corrected chi connectivity index (χ4v) is 5.18. The number of azide groups is 1. The molecule has 11 nitrogen and oxygen atoms in total. The minimum atomic E-state index is -1.21. The number of ether oxygens (including phenoxy) is 1. The van der Waals surface area contributed by atoms with Crippen molar-refractivity contribution in [2.24, 2.45) is 11.0 Å². The van der Waals surface area contributed by atoms with Crippen LogP contribution in [0.1, 0.15) is 49.9 Å². The molecular formula is C35H40N6O5. The first kappa shape index (κ1) is 33.9. The summed E-state index contributed by atoms with van der Waals surface area (Å²) in [7, 11) is 0. The fraction of sp³-hybridized carbons (Fsp3) is 0.371. The minimum Gasteiger partial charge on any atom is -0.361 e. The number of carbonyl (C=O) groups excluding carboxylic acids is 4. The Labute approximate surface area is 268 Å². The summed E-state index contributed by atoms with van der Waals surface area (Å²) in [6, 6.07) is 22.7. The molecule has 3 amide bonds. The van der Waals surface area contributed by atoms with Crippen molar-refractivity contribution in [2.75, 3.05) is 6.61 Å². The van der Waals surface area contributed by atoms with Gasteiger partial charge in [-0.1, -0.05) is 110 Å². The quantitative estimate of drug-likeness (QED) is 0.0930. The molecule has 1 fully saturated rings. The van der Waals surface area contributed by atoms with Crippen LogP contribution in [0.15, 0.2) is 96.1 Å². The minimum absolute atomic E-state index is 0.108. The van der Waals surface area contributed by atoms with Crippen LogP contribution in [0.3, 0.4) is 0 Å². The smallest absolute Gasteiger partial charge is 0.247 e. The van der Waals surface area contributed by atoms with Gasteiger partial charge in [0, 0.05) is 11.3 Å². The van der Waals surface area contributed by atoms with Crippen LogP contribution in [0, 0.1) is 5.92 Å². The molecule has 1 heterocycles. The van der Waals surface area contributed by atoms with Crippen LogP contribution in [0.2, 0.25) is 0 Å². The summed E-state index contributed by atoms with van der Waals surface area (Å²) in [6.07, 6.45) is 0.673. The first-order valence-corrected chi connectivity index (χ1v) is 15.4. The van der Waals surface area contributed by atoms with E-state index in [0.717, 1.165) is 11.1 Å². The molecule has 0 saturated carbocycles. The number of hydrogen-bond donors (Lipinski definition) is 3. The average Bonchev–Trinajstić information content (AvgIpc) is 3.81. The van der Waals surface area contributed by atoms with E-state index in [4.69, 9.17) is 4.74 Å². The largest absolute Gasteiger partial charge is 0.361 e. The zero-order valence-electron chi connectivity index (χ0n) is 26.3. The molecule has 3 N–H and O–H groups in total. The summed E-state index contributed by atoms with van der Waals surface area (Å²) < 4.78 is 5.37. The van der Waals surface area contributed by atoms with E-state index in [2.05, 4.69) is 26.0 Å². The van der Waals surface area contributed by atoms with Crippen molar-refractivity contribution >= 4 is 23.5 Å². The lowest BCUT2D eigenvalue weighted by molar-refractivity contribution is -0.134. The number of epoxide rings is 1. The van der Waals surface area contributed by atoms with E-state index in [-0.39, 0.29) is 24.5 Å². The van der Waals surface area contributed by atoms with Gasteiger partial charge >= 0.3 is 0 Å². The summed E-state index contributed by atoms with van der Waals surface area (Å²) >= 11 is 0. The van der Waals surface area contributed by atoms with Crippen LogP contribution < -0.4 is 16.0 Å². The predicted molar refractivity (Wildman–Crippen MR) is 173 cm³/mol. The molecule has 0 radical (unpaired) electrons. The number of Topliss-reactive ketones (excluding diaryl/α,β-unsaturated/α-hetero) is 1. The van der Waals surface area contributed by atoms with Crippen LogP contribution in [0.25, 0.3) is 10.4 Å². The van der Waals surface area contributed by atoms with Crippen molar-refractivity contribution in [3.8, 4) is 0 Å². The molecule has 3 aromatic carbocycles. The highest BCUT2D eigenvalue weighted by Crippen LogP contribution is 2.29. The summed E-state index contributed by atoms with van der Waals surface area (Å²) in [5.41, 5.74) is 10.3. The molecule has 1 aliphatic rings. The molecule has 0 aromatic heterocycles. The Kier molecular flexibility index (Phi) is 11.7. The Hall–Kier alpha value is -4.99. The van der Waals surface area contributed by atoms with Crippen molar-refractivity contribution in [2.45, 2.75) is 69.8 Å². The molecule has 3 aromatic rings. The second-order valence-corrected chi connectivity index (χ2v) is 12.1.